The molecule has 3 heterocycles. The summed E-state index contributed by atoms with van der Waals surface area (Å²) in [5, 5.41) is 8.76. The van der Waals surface area contributed by atoms with E-state index in [9.17, 15) is 4.79 Å². The predicted molar refractivity (Wildman–Crippen MR) is 105 cm³/mol. The summed E-state index contributed by atoms with van der Waals surface area (Å²) in [7, 11) is 0. The number of nitrogens with zero attached hydrogens (tertiary/aromatic N) is 3. The third-order valence-electron chi connectivity index (χ3n) is 5.59. The molecule has 0 radical (unpaired) electrons. The molecule has 2 aliphatic rings. The van der Waals surface area contributed by atoms with Gasteiger partial charge in [-0.25, -0.2) is 9.67 Å². The van der Waals surface area contributed by atoms with Gasteiger partial charge in [0.1, 0.15) is 0 Å². The van der Waals surface area contributed by atoms with Gasteiger partial charge in [-0.05, 0) is 66.4 Å². The van der Waals surface area contributed by atoms with Crippen molar-refractivity contribution in [3.05, 3.63) is 23.0 Å². The molecule has 2 aromatic heterocycles. The van der Waals surface area contributed by atoms with Crippen LogP contribution in [0.3, 0.4) is 0 Å². The summed E-state index contributed by atoms with van der Waals surface area (Å²) in [5.41, 5.74) is 3.19. The molecule has 1 aliphatic carbocycles. The number of amides is 1. The Morgan fingerprint density at radius 1 is 1.33 bits per heavy atom. The molecule has 1 N–H and O–H groups in total. The van der Waals surface area contributed by atoms with Gasteiger partial charge < -0.3 is 10.1 Å². The average Bonchev–Trinajstić information content (AvgIpc) is 3.18. The van der Waals surface area contributed by atoms with Gasteiger partial charge in [0, 0.05) is 18.2 Å². The van der Waals surface area contributed by atoms with E-state index in [1.54, 1.807) is 0 Å². The topological polar surface area (TPSA) is 69.0 Å². The zero-order valence-corrected chi connectivity index (χ0v) is 17.0. The number of aryl methyl sites for hydroxylation is 1. The molecule has 2 aromatic rings. The minimum atomic E-state index is -0.194. The van der Waals surface area contributed by atoms with Crippen molar-refractivity contribution in [2.75, 3.05) is 6.61 Å². The molecule has 0 bridgehead atoms. The summed E-state index contributed by atoms with van der Waals surface area (Å²) < 4.78 is 7.70. The highest BCUT2D eigenvalue weighted by atomic mass is 16.5. The van der Waals surface area contributed by atoms with Gasteiger partial charge in [-0.2, -0.15) is 5.10 Å². The van der Waals surface area contributed by atoms with Gasteiger partial charge in [-0.15, -0.1) is 0 Å². The molecule has 6 nitrogen and oxygen atoms in total. The van der Waals surface area contributed by atoms with Crippen molar-refractivity contribution in [3.63, 3.8) is 0 Å². The molecule has 4 rings (SSSR count). The van der Waals surface area contributed by atoms with Gasteiger partial charge >= 0.3 is 0 Å². The fourth-order valence-electron chi connectivity index (χ4n) is 3.92. The molecule has 2 fully saturated rings. The fourth-order valence-corrected chi connectivity index (χ4v) is 3.92. The molecule has 146 valence electrons. The van der Waals surface area contributed by atoms with Crippen molar-refractivity contribution in [1.82, 2.24) is 20.1 Å². The SMILES string of the molecule is Cc1nn(C(C)(C)C)c2nc(C3CC3)cc(C(=O)N[C@@H](C)[C@@H]3CCCO3)c12. The van der Waals surface area contributed by atoms with Gasteiger partial charge in [0.15, 0.2) is 5.65 Å². The predicted octanol–water partition coefficient (Wildman–Crippen LogP) is 3.67. The lowest BCUT2D eigenvalue weighted by molar-refractivity contribution is 0.0713. The quantitative estimate of drug-likeness (QED) is 0.891. The van der Waals surface area contributed by atoms with Crippen LogP contribution in [0.25, 0.3) is 11.0 Å². The second-order valence-corrected chi connectivity index (χ2v) is 9.05. The molecular weight excluding hydrogens is 340 g/mol. The van der Waals surface area contributed by atoms with Crippen molar-refractivity contribution in [1.29, 1.82) is 0 Å². The Labute approximate surface area is 160 Å². The van der Waals surface area contributed by atoms with E-state index >= 15 is 0 Å². The number of rotatable bonds is 4. The summed E-state index contributed by atoms with van der Waals surface area (Å²) in [6.07, 6.45) is 4.46. The molecule has 27 heavy (non-hydrogen) atoms. The molecule has 1 saturated heterocycles. The number of aromatic nitrogens is 3. The van der Waals surface area contributed by atoms with Crippen LogP contribution in [-0.4, -0.2) is 39.4 Å². The standard InChI is InChI=1S/C21H30N4O2/c1-12(17-7-6-10-27-17)22-20(26)15-11-16(14-8-9-14)23-19-18(15)13(2)24-25(19)21(3,4)5/h11-12,14,17H,6-10H2,1-5H3,(H,22,26)/t12-,17-/m0/s1. The summed E-state index contributed by atoms with van der Waals surface area (Å²) in [4.78, 5) is 18.1. The van der Waals surface area contributed by atoms with Gasteiger partial charge in [-0.3, -0.25) is 4.79 Å². The van der Waals surface area contributed by atoms with Crippen LogP contribution in [0.5, 0.6) is 0 Å². The highest BCUT2D eigenvalue weighted by molar-refractivity contribution is 6.06. The highest BCUT2D eigenvalue weighted by Crippen LogP contribution is 2.41. The Hall–Kier alpha value is -1.95. The molecule has 1 aliphatic heterocycles. The van der Waals surface area contributed by atoms with Crippen LogP contribution in [0, 0.1) is 6.92 Å². The maximum absolute atomic E-state index is 13.2. The third kappa shape index (κ3) is 3.47. The number of nitrogens with one attached hydrogen (secondary N) is 1. The minimum Gasteiger partial charge on any atom is -0.376 e. The van der Waals surface area contributed by atoms with E-state index in [0.29, 0.717) is 11.5 Å². The lowest BCUT2D eigenvalue weighted by Crippen LogP contribution is -2.41. The van der Waals surface area contributed by atoms with Crippen LogP contribution in [0.15, 0.2) is 6.07 Å². The van der Waals surface area contributed by atoms with Gasteiger partial charge in [0.25, 0.3) is 5.91 Å². The molecule has 1 amide bonds. The van der Waals surface area contributed by atoms with Crippen molar-refractivity contribution < 1.29 is 9.53 Å². The molecular formula is C21H30N4O2. The summed E-state index contributed by atoms with van der Waals surface area (Å²) >= 11 is 0. The van der Waals surface area contributed by atoms with Crippen molar-refractivity contribution in [2.45, 2.75) is 83.9 Å². The summed E-state index contributed by atoms with van der Waals surface area (Å²) in [6.45, 7) is 11.1. The molecule has 6 heteroatoms. The van der Waals surface area contributed by atoms with E-state index in [0.717, 1.165) is 54.7 Å². The second-order valence-electron chi connectivity index (χ2n) is 9.05. The van der Waals surface area contributed by atoms with Crippen LogP contribution in [0.2, 0.25) is 0 Å². The van der Waals surface area contributed by atoms with Crippen LogP contribution < -0.4 is 5.32 Å². The van der Waals surface area contributed by atoms with Gasteiger partial charge in [0.2, 0.25) is 0 Å². The number of carbonyl (C=O) groups excluding carboxylic acids is 1. The maximum atomic E-state index is 13.2. The first-order chi connectivity index (χ1) is 12.8. The van der Waals surface area contributed by atoms with E-state index in [1.807, 2.05) is 24.6 Å². The zero-order valence-electron chi connectivity index (χ0n) is 17.0. The first kappa shape index (κ1) is 18.4. The average molecular weight is 370 g/mol. The second kappa shape index (κ2) is 6.59. The highest BCUT2D eigenvalue weighted by Gasteiger charge is 2.31. The molecule has 2 atom stereocenters. The van der Waals surface area contributed by atoms with Crippen LogP contribution >= 0.6 is 0 Å². The first-order valence-corrected chi connectivity index (χ1v) is 10.1. The Morgan fingerprint density at radius 3 is 2.67 bits per heavy atom. The smallest absolute Gasteiger partial charge is 0.252 e. The number of carbonyl (C=O) groups is 1. The van der Waals surface area contributed by atoms with Gasteiger partial charge in [-0.1, -0.05) is 0 Å². The molecule has 1 saturated carbocycles. The number of fused-ring (bicyclic) bond motifs is 1. The third-order valence-corrected chi connectivity index (χ3v) is 5.59. The van der Waals surface area contributed by atoms with Crippen molar-refractivity contribution >= 4 is 16.9 Å². The van der Waals surface area contributed by atoms with E-state index in [2.05, 4.69) is 26.1 Å². The number of hydrogen-bond donors (Lipinski definition) is 1. The van der Waals surface area contributed by atoms with E-state index < -0.39 is 0 Å². The zero-order chi connectivity index (χ0) is 19.3. The number of hydrogen-bond acceptors (Lipinski definition) is 4. The monoisotopic (exact) mass is 370 g/mol. The normalized spacial score (nSPS) is 21.6. The Balaban J connectivity index is 1.76. The van der Waals surface area contributed by atoms with E-state index in [-0.39, 0.29) is 23.6 Å². The summed E-state index contributed by atoms with van der Waals surface area (Å²) in [5.74, 6) is 0.420. The van der Waals surface area contributed by atoms with Gasteiger partial charge in [0.05, 0.1) is 34.3 Å². The molecule has 0 aromatic carbocycles. The first-order valence-electron chi connectivity index (χ1n) is 10.1. The largest absolute Gasteiger partial charge is 0.376 e. The minimum absolute atomic E-state index is 0.00874. The van der Waals surface area contributed by atoms with Crippen LogP contribution in [-0.2, 0) is 10.3 Å². The maximum Gasteiger partial charge on any atom is 0.252 e. The molecule has 0 unspecified atom stereocenters. The molecule has 0 spiro atoms. The lowest BCUT2D eigenvalue weighted by atomic mass is 10.0. The Morgan fingerprint density at radius 2 is 2.07 bits per heavy atom. The van der Waals surface area contributed by atoms with Crippen molar-refractivity contribution in [3.8, 4) is 0 Å². The summed E-state index contributed by atoms with van der Waals surface area (Å²) in [6, 6.07) is 1.98. The van der Waals surface area contributed by atoms with Crippen molar-refractivity contribution in [2.24, 2.45) is 0 Å². The lowest BCUT2D eigenvalue weighted by Gasteiger charge is -2.21. The fraction of sp³-hybridized carbons (Fsp3) is 0.667. The Bertz CT molecular complexity index is 870. The van der Waals surface area contributed by atoms with E-state index in [4.69, 9.17) is 14.8 Å². The Kier molecular flexibility index (Phi) is 4.49. The number of ether oxygens (including phenoxy) is 1. The van der Waals surface area contributed by atoms with E-state index in [1.165, 1.54) is 0 Å². The van der Waals surface area contributed by atoms with Crippen LogP contribution in [0.4, 0.5) is 0 Å². The number of pyridine rings is 1. The van der Waals surface area contributed by atoms with Crippen LogP contribution in [0.1, 0.15) is 81.0 Å².